The van der Waals surface area contributed by atoms with Crippen molar-refractivity contribution >= 4 is 11.4 Å². The fourth-order valence-electron chi connectivity index (χ4n) is 5.20. The topological polar surface area (TPSA) is 70.2 Å². The predicted octanol–water partition coefficient (Wildman–Crippen LogP) is 7.24. The van der Waals surface area contributed by atoms with Crippen LogP contribution < -0.4 is 15.4 Å². The summed E-state index contributed by atoms with van der Waals surface area (Å²) in [5, 5.41) is 7.11. The molecule has 7 nitrogen and oxygen atoms in total. The summed E-state index contributed by atoms with van der Waals surface area (Å²) in [6.45, 7) is 17.6. The summed E-state index contributed by atoms with van der Waals surface area (Å²) in [6.07, 6.45) is 14.6. The van der Waals surface area contributed by atoms with Crippen LogP contribution in [0.2, 0.25) is 0 Å². The van der Waals surface area contributed by atoms with Gasteiger partial charge in [0.05, 0.1) is 18.5 Å². The van der Waals surface area contributed by atoms with Gasteiger partial charge in [0.1, 0.15) is 11.5 Å². The standard InChI is InChI=1S/C30H45FN6O.C3H8/c1-22(19-27(13-12-23(2)31)36-16-8-7-9-17-36)26-11-10-18-37(21-26)34-25(4)28-14-15-29(30(33-28)38-6)35(5)20-24(3)32;1-3-2/h12-15,19-20,22,26H,2,7-11,16-18,21,32H2,1,3-6H3;3H2,1-2H3/b13-12-,24-20-,27-19+,34-25+;/t22-,26?;/m0./s1. The quantitative estimate of drug-likeness (QED) is 0.237. The van der Waals surface area contributed by atoms with Gasteiger partial charge in [-0.25, -0.2) is 9.37 Å². The summed E-state index contributed by atoms with van der Waals surface area (Å²) < 4.78 is 19.0. The Kier molecular flexibility index (Phi) is 14.5. The van der Waals surface area contributed by atoms with Gasteiger partial charge in [0.2, 0.25) is 5.88 Å². The van der Waals surface area contributed by atoms with Gasteiger partial charge in [0.25, 0.3) is 0 Å². The van der Waals surface area contributed by atoms with Crippen molar-refractivity contribution in [2.45, 2.75) is 73.1 Å². The average molecular weight is 569 g/mol. The van der Waals surface area contributed by atoms with E-state index >= 15 is 0 Å². The number of hydrogen-bond donors (Lipinski definition) is 1. The molecule has 1 unspecified atom stereocenters. The molecule has 0 bridgehead atoms. The number of methoxy groups -OCH3 is 1. The van der Waals surface area contributed by atoms with E-state index in [0.717, 1.165) is 61.8 Å². The summed E-state index contributed by atoms with van der Waals surface area (Å²) in [5.41, 5.74) is 10.1. The molecule has 0 amide bonds. The van der Waals surface area contributed by atoms with Crippen LogP contribution in [0.3, 0.4) is 0 Å². The molecule has 0 aliphatic carbocycles. The number of pyridine rings is 1. The van der Waals surface area contributed by atoms with Gasteiger partial charge >= 0.3 is 0 Å². The third kappa shape index (κ3) is 11.2. The number of hydrazone groups is 1. The lowest BCUT2D eigenvalue weighted by Crippen LogP contribution is -2.35. The highest BCUT2D eigenvalue weighted by Crippen LogP contribution is 2.29. The maximum absolute atomic E-state index is 13.4. The number of hydrogen-bond acceptors (Lipinski definition) is 7. The van der Waals surface area contributed by atoms with Crippen LogP contribution in [0.15, 0.2) is 65.5 Å². The van der Waals surface area contributed by atoms with Crippen LogP contribution in [0.5, 0.6) is 5.88 Å². The maximum atomic E-state index is 13.4. The molecule has 2 saturated heterocycles. The number of nitrogens with zero attached hydrogens (tertiary/aromatic N) is 5. The van der Waals surface area contributed by atoms with Gasteiger partial charge in [-0.1, -0.05) is 39.8 Å². The van der Waals surface area contributed by atoms with Crippen LogP contribution in [-0.2, 0) is 0 Å². The molecular weight excluding hydrogens is 515 g/mol. The second-order valence-corrected chi connectivity index (χ2v) is 11.2. The van der Waals surface area contributed by atoms with Crippen molar-refractivity contribution in [1.29, 1.82) is 0 Å². The van der Waals surface area contributed by atoms with Gasteiger partial charge < -0.3 is 20.3 Å². The van der Waals surface area contributed by atoms with Crippen LogP contribution in [0, 0.1) is 11.8 Å². The van der Waals surface area contributed by atoms with Crippen LogP contribution in [0.4, 0.5) is 10.1 Å². The minimum absolute atomic E-state index is 0.342. The Balaban J connectivity index is 0.00000187. The van der Waals surface area contributed by atoms with E-state index in [1.54, 1.807) is 7.11 Å². The van der Waals surface area contributed by atoms with Gasteiger partial charge in [-0.05, 0) is 82.1 Å². The fourth-order valence-corrected chi connectivity index (χ4v) is 5.20. The summed E-state index contributed by atoms with van der Waals surface area (Å²) in [6, 6.07) is 3.95. The summed E-state index contributed by atoms with van der Waals surface area (Å²) in [4.78, 5) is 9.00. The molecule has 0 aromatic carbocycles. The lowest BCUT2D eigenvalue weighted by molar-refractivity contribution is 0.157. The summed E-state index contributed by atoms with van der Waals surface area (Å²) in [7, 11) is 3.54. The van der Waals surface area contributed by atoms with Gasteiger partial charge in [0.15, 0.2) is 0 Å². The molecule has 2 fully saturated rings. The minimum atomic E-state index is -0.412. The molecule has 228 valence electrons. The molecule has 1 aromatic rings. The Labute approximate surface area is 248 Å². The molecule has 1 aromatic heterocycles. The zero-order valence-corrected chi connectivity index (χ0v) is 26.5. The van der Waals surface area contributed by atoms with Gasteiger partial charge in [-0.15, -0.1) is 0 Å². The zero-order valence-electron chi connectivity index (χ0n) is 26.5. The number of rotatable bonds is 10. The van der Waals surface area contributed by atoms with Gasteiger partial charge in [0, 0.05) is 50.8 Å². The molecule has 41 heavy (non-hydrogen) atoms. The average Bonchev–Trinajstić information content (AvgIpc) is 2.95. The summed E-state index contributed by atoms with van der Waals surface area (Å²) >= 11 is 0. The van der Waals surface area contributed by atoms with Crippen molar-refractivity contribution in [1.82, 2.24) is 14.9 Å². The normalized spacial score (nSPS) is 19.5. The fraction of sp³-hybridized carbons (Fsp3) is 0.576. The lowest BCUT2D eigenvalue weighted by atomic mass is 9.86. The first-order chi connectivity index (χ1) is 19.6. The highest BCUT2D eigenvalue weighted by atomic mass is 19.1. The molecule has 2 N–H and O–H groups in total. The first-order valence-electron chi connectivity index (χ1n) is 15.1. The first kappa shape index (κ1) is 33.9. The van der Waals surface area contributed by atoms with E-state index in [9.17, 15) is 4.39 Å². The van der Waals surface area contributed by atoms with E-state index in [-0.39, 0.29) is 0 Å². The highest BCUT2D eigenvalue weighted by Gasteiger charge is 2.24. The van der Waals surface area contributed by atoms with E-state index in [1.807, 2.05) is 50.2 Å². The largest absolute Gasteiger partial charge is 0.479 e. The molecule has 2 atom stereocenters. The third-order valence-corrected chi connectivity index (χ3v) is 7.24. The Bertz CT molecular complexity index is 1090. The van der Waals surface area contributed by atoms with Gasteiger partial charge in [-0.2, -0.15) is 5.10 Å². The van der Waals surface area contributed by atoms with Crippen LogP contribution in [0.25, 0.3) is 0 Å². The molecule has 2 aliphatic heterocycles. The second-order valence-electron chi connectivity index (χ2n) is 11.2. The van der Waals surface area contributed by atoms with Crippen molar-refractivity contribution in [3.63, 3.8) is 0 Å². The SMILES string of the molecule is C=C(F)/C=C\C(=C/[C@H](C)C1CCCN(/N=C(\C)c2ccc(N(C)/C=C(/C)N)c(OC)n2)C1)N1CCCCC1.CCC. The molecule has 0 saturated carbocycles. The molecule has 2 aliphatic rings. The van der Waals surface area contributed by atoms with Crippen molar-refractivity contribution in [2.24, 2.45) is 22.7 Å². The Morgan fingerprint density at radius 2 is 1.88 bits per heavy atom. The van der Waals surface area contributed by atoms with Crippen molar-refractivity contribution in [2.75, 3.05) is 45.2 Å². The number of ether oxygens (including phenoxy) is 1. The number of allylic oxidation sites excluding steroid dienone is 5. The Morgan fingerprint density at radius 3 is 2.49 bits per heavy atom. The molecule has 0 radical (unpaired) electrons. The molecule has 8 heteroatoms. The lowest BCUT2D eigenvalue weighted by Gasteiger charge is -2.35. The monoisotopic (exact) mass is 568 g/mol. The van der Waals surface area contributed by atoms with E-state index < -0.39 is 5.83 Å². The molecule has 3 heterocycles. The van der Waals surface area contributed by atoms with Crippen LogP contribution in [-0.4, -0.2) is 60.9 Å². The second kappa shape index (κ2) is 17.5. The van der Waals surface area contributed by atoms with Crippen LogP contribution >= 0.6 is 0 Å². The van der Waals surface area contributed by atoms with Crippen molar-refractivity contribution in [3.8, 4) is 5.88 Å². The smallest absolute Gasteiger partial charge is 0.238 e. The Morgan fingerprint density at radius 1 is 1.20 bits per heavy atom. The molecular formula is C33H53FN6O. The third-order valence-electron chi connectivity index (χ3n) is 7.24. The highest BCUT2D eigenvalue weighted by molar-refractivity contribution is 5.97. The van der Waals surface area contributed by atoms with E-state index in [4.69, 9.17) is 20.6 Å². The predicted molar refractivity (Wildman–Crippen MR) is 172 cm³/mol. The maximum Gasteiger partial charge on any atom is 0.238 e. The number of aromatic nitrogens is 1. The number of piperidine rings is 2. The molecule has 3 rings (SSSR count). The number of nitrogens with two attached hydrogens (primary N) is 1. The summed E-state index contributed by atoms with van der Waals surface area (Å²) in [5.74, 6) is 0.924. The van der Waals surface area contributed by atoms with E-state index in [2.05, 4.69) is 43.3 Å². The Hall–Kier alpha value is -3.29. The van der Waals surface area contributed by atoms with Gasteiger partial charge in [-0.3, -0.25) is 5.01 Å². The first-order valence-corrected chi connectivity index (χ1v) is 15.1. The minimum Gasteiger partial charge on any atom is -0.479 e. The number of halogens is 1. The number of likely N-dealkylation sites (tertiary alicyclic amines) is 1. The van der Waals surface area contributed by atoms with Crippen molar-refractivity contribution < 1.29 is 9.13 Å². The van der Waals surface area contributed by atoms with Crippen LogP contribution in [0.1, 0.15) is 78.8 Å². The number of anilines is 1. The van der Waals surface area contributed by atoms with E-state index in [0.29, 0.717) is 23.4 Å². The van der Waals surface area contributed by atoms with Crippen molar-refractivity contribution in [3.05, 3.63) is 66.1 Å². The zero-order chi connectivity index (χ0) is 30.4. The molecule has 0 spiro atoms. The van der Waals surface area contributed by atoms with E-state index in [1.165, 1.54) is 31.8 Å².